The van der Waals surface area contributed by atoms with E-state index in [4.69, 9.17) is 4.74 Å². The Bertz CT molecular complexity index is 245. The van der Waals surface area contributed by atoms with E-state index in [0.29, 0.717) is 12.0 Å². The average Bonchev–Trinajstić information content (AvgIpc) is 2.27. The minimum atomic E-state index is -0.0261. The summed E-state index contributed by atoms with van der Waals surface area (Å²) < 4.78 is 4.89. The number of carbonyl (C=O) groups excluding carboxylic acids is 1. The van der Waals surface area contributed by atoms with E-state index in [-0.39, 0.29) is 11.9 Å². The average molecular weight is 212 g/mol. The quantitative estimate of drug-likeness (QED) is 0.625. The Hall–Kier alpha value is -0.610. The molecule has 0 radical (unpaired) electrons. The molecule has 4 heteroatoms. The van der Waals surface area contributed by atoms with Crippen LogP contribution in [0.25, 0.3) is 0 Å². The van der Waals surface area contributed by atoms with Gasteiger partial charge < -0.3 is 15.0 Å². The van der Waals surface area contributed by atoms with E-state index < -0.39 is 0 Å². The van der Waals surface area contributed by atoms with Gasteiger partial charge in [-0.15, -0.1) is 0 Å². The Morgan fingerprint density at radius 3 is 3.00 bits per heavy atom. The van der Waals surface area contributed by atoms with Crippen molar-refractivity contribution in [3.05, 3.63) is 0 Å². The molecular weight excluding hydrogens is 192 g/mol. The Balaban J connectivity index is 2.07. The summed E-state index contributed by atoms with van der Waals surface area (Å²) in [6.07, 6.45) is 2.07. The largest absolute Gasteiger partial charge is 0.469 e. The molecule has 0 bridgehead atoms. The fourth-order valence-corrected chi connectivity index (χ4v) is 2.90. The summed E-state index contributed by atoms with van der Waals surface area (Å²) >= 11 is 0. The first-order valence-corrected chi connectivity index (χ1v) is 5.72. The van der Waals surface area contributed by atoms with E-state index >= 15 is 0 Å². The summed E-state index contributed by atoms with van der Waals surface area (Å²) in [5, 5.41) is 3.52. The second-order valence-corrected chi connectivity index (χ2v) is 4.69. The van der Waals surface area contributed by atoms with Crippen LogP contribution in [0.3, 0.4) is 0 Å². The van der Waals surface area contributed by atoms with Crippen molar-refractivity contribution >= 4 is 5.97 Å². The van der Waals surface area contributed by atoms with E-state index in [9.17, 15) is 4.79 Å². The maximum atomic E-state index is 11.7. The summed E-state index contributed by atoms with van der Waals surface area (Å²) in [6.45, 7) is 3.09. The predicted octanol–water partition coefficient (Wildman–Crippen LogP) is 0.0892. The van der Waals surface area contributed by atoms with Gasteiger partial charge in [-0.3, -0.25) is 4.79 Å². The van der Waals surface area contributed by atoms with Crippen LogP contribution in [-0.2, 0) is 9.53 Å². The Morgan fingerprint density at radius 1 is 1.47 bits per heavy atom. The lowest BCUT2D eigenvalue weighted by molar-refractivity contribution is -0.150. The van der Waals surface area contributed by atoms with Crippen molar-refractivity contribution < 1.29 is 9.53 Å². The lowest BCUT2D eigenvalue weighted by Crippen LogP contribution is -2.56. The first kappa shape index (κ1) is 10.9. The molecule has 2 fully saturated rings. The van der Waals surface area contributed by atoms with E-state index in [1.54, 1.807) is 0 Å². The molecule has 1 N–H and O–H groups in total. The molecule has 3 atom stereocenters. The molecule has 2 saturated heterocycles. The molecule has 3 unspecified atom stereocenters. The summed E-state index contributed by atoms with van der Waals surface area (Å²) in [5.41, 5.74) is 0. The maximum Gasteiger partial charge on any atom is 0.309 e. The third kappa shape index (κ3) is 2.16. The van der Waals surface area contributed by atoms with Gasteiger partial charge in [0.1, 0.15) is 0 Å². The molecule has 86 valence electrons. The Morgan fingerprint density at radius 2 is 2.27 bits per heavy atom. The molecule has 0 aromatic rings. The third-order valence-electron chi connectivity index (χ3n) is 3.74. The van der Waals surface area contributed by atoms with Crippen LogP contribution in [0.5, 0.6) is 0 Å². The number of likely N-dealkylation sites (tertiary alicyclic amines) is 1. The van der Waals surface area contributed by atoms with Crippen LogP contribution in [0.4, 0.5) is 0 Å². The SMILES string of the molecule is COC(=O)C1CCNC2CCN(C)CC21. The molecule has 2 rings (SSSR count). The normalized spacial score (nSPS) is 37.1. The molecule has 0 spiro atoms. The monoisotopic (exact) mass is 212 g/mol. The number of nitrogens with one attached hydrogen (secondary N) is 1. The van der Waals surface area contributed by atoms with Gasteiger partial charge in [0.05, 0.1) is 13.0 Å². The van der Waals surface area contributed by atoms with Gasteiger partial charge in [-0.1, -0.05) is 0 Å². The zero-order chi connectivity index (χ0) is 10.8. The fraction of sp³-hybridized carbons (Fsp3) is 0.909. The van der Waals surface area contributed by atoms with Crippen LogP contribution in [0.2, 0.25) is 0 Å². The number of methoxy groups -OCH3 is 1. The van der Waals surface area contributed by atoms with E-state index in [0.717, 1.165) is 32.5 Å². The van der Waals surface area contributed by atoms with Gasteiger partial charge in [-0.25, -0.2) is 0 Å². The zero-order valence-corrected chi connectivity index (χ0v) is 9.53. The number of carbonyl (C=O) groups is 1. The lowest BCUT2D eigenvalue weighted by atomic mass is 9.77. The third-order valence-corrected chi connectivity index (χ3v) is 3.74. The molecule has 0 aromatic carbocycles. The van der Waals surface area contributed by atoms with Gasteiger partial charge in [0.25, 0.3) is 0 Å². The van der Waals surface area contributed by atoms with Crippen molar-refractivity contribution in [2.75, 3.05) is 33.8 Å². The van der Waals surface area contributed by atoms with E-state index in [1.165, 1.54) is 7.11 Å². The molecular formula is C11H20N2O2. The first-order valence-electron chi connectivity index (χ1n) is 5.72. The van der Waals surface area contributed by atoms with Crippen LogP contribution in [0, 0.1) is 11.8 Å². The molecule has 0 amide bonds. The van der Waals surface area contributed by atoms with Crippen molar-refractivity contribution in [2.24, 2.45) is 11.8 Å². The minimum absolute atomic E-state index is 0.0261. The van der Waals surface area contributed by atoms with Crippen molar-refractivity contribution in [3.8, 4) is 0 Å². The number of esters is 1. The number of hydrogen-bond acceptors (Lipinski definition) is 4. The number of ether oxygens (including phenoxy) is 1. The lowest BCUT2D eigenvalue weighted by Gasteiger charge is -2.43. The molecule has 2 aliphatic rings. The van der Waals surface area contributed by atoms with Crippen molar-refractivity contribution in [3.63, 3.8) is 0 Å². The number of rotatable bonds is 1. The Kier molecular flexibility index (Phi) is 3.26. The van der Waals surface area contributed by atoms with E-state index in [2.05, 4.69) is 17.3 Å². The Labute approximate surface area is 91.0 Å². The van der Waals surface area contributed by atoms with Gasteiger partial charge in [-0.2, -0.15) is 0 Å². The molecule has 0 saturated carbocycles. The number of fused-ring (bicyclic) bond motifs is 1. The number of piperidine rings is 2. The summed E-state index contributed by atoms with van der Waals surface area (Å²) in [4.78, 5) is 14.0. The van der Waals surface area contributed by atoms with Crippen LogP contribution >= 0.6 is 0 Å². The predicted molar refractivity (Wildman–Crippen MR) is 57.5 cm³/mol. The summed E-state index contributed by atoms with van der Waals surface area (Å²) in [6, 6.07) is 0.513. The molecule has 2 aliphatic heterocycles. The highest BCUT2D eigenvalue weighted by Gasteiger charge is 2.40. The highest BCUT2D eigenvalue weighted by molar-refractivity contribution is 5.73. The van der Waals surface area contributed by atoms with Crippen molar-refractivity contribution in [1.29, 1.82) is 0 Å². The van der Waals surface area contributed by atoms with Crippen molar-refractivity contribution in [2.45, 2.75) is 18.9 Å². The van der Waals surface area contributed by atoms with Gasteiger partial charge in [-0.05, 0) is 33.0 Å². The molecule has 2 heterocycles. The zero-order valence-electron chi connectivity index (χ0n) is 9.53. The van der Waals surface area contributed by atoms with Crippen LogP contribution in [0.1, 0.15) is 12.8 Å². The molecule has 4 nitrogen and oxygen atoms in total. The molecule has 0 aliphatic carbocycles. The van der Waals surface area contributed by atoms with Gasteiger partial charge in [0.2, 0.25) is 0 Å². The van der Waals surface area contributed by atoms with Crippen LogP contribution in [0.15, 0.2) is 0 Å². The summed E-state index contributed by atoms with van der Waals surface area (Å²) in [5.74, 6) is 0.510. The maximum absolute atomic E-state index is 11.7. The van der Waals surface area contributed by atoms with Gasteiger partial charge in [0, 0.05) is 18.5 Å². The molecule has 0 aromatic heterocycles. The second kappa shape index (κ2) is 4.49. The smallest absolute Gasteiger partial charge is 0.309 e. The van der Waals surface area contributed by atoms with Crippen LogP contribution in [-0.4, -0.2) is 50.7 Å². The van der Waals surface area contributed by atoms with Gasteiger partial charge in [0.15, 0.2) is 0 Å². The standard InChI is InChI=1S/C11H20N2O2/c1-13-6-4-10-9(7-13)8(3-5-12-10)11(14)15-2/h8-10,12H,3-7H2,1-2H3. The number of hydrogen-bond donors (Lipinski definition) is 1. The molecule has 15 heavy (non-hydrogen) atoms. The highest BCUT2D eigenvalue weighted by Crippen LogP contribution is 2.30. The minimum Gasteiger partial charge on any atom is -0.469 e. The first-order chi connectivity index (χ1) is 7.22. The van der Waals surface area contributed by atoms with Crippen molar-refractivity contribution in [1.82, 2.24) is 10.2 Å². The van der Waals surface area contributed by atoms with Gasteiger partial charge >= 0.3 is 5.97 Å². The highest BCUT2D eigenvalue weighted by atomic mass is 16.5. The second-order valence-electron chi connectivity index (χ2n) is 4.69. The fourth-order valence-electron chi connectivity index (χ4n) is 2.90. The topological polar surface area (TPSA) is 41.6 Å². The summed E-state index contributed by atoms with van der Waals surface area (Å²) in [7, 11) is 3.62. The van der Waals surface area contributed by atoms with Crippen LogP contribution < -0.4 is 5.32 Å². The van der Waals surface area contributed by atoms with E-state index in [1.807, 2.05) is 0 Å². The number of nitrogens with zero attached hydrogens (tertiary/aromatic N) is 1.